The molecule has 0 unspecified atom stereocenters. The number of carbonyl (C=O) groups is 1. The molecular weight excluding hydrogens is 277 g/mol. The summed E-state index contributed by atoms with van der Waals surface area (Å²) in [4.78, 5) is 16.4. The molecule has 0 saturated carbocycles. The van der Waals surface area contributed by atoms with Crippen LogP contribution in [-0.2, 0) is 16.2 Å². The minimum atomic E-state index is -0.475. The van der Waals surface area contributed by atoms with Gasteiger partial charge in [-0.2, -0.15) is 0 Å². The van der Waals surface area contributed by atoms with Crippen LogP contribution in [-0.4, -0.2) is 19.3 Å². The highest BCUT2D eigenvalue weighted by Gasteiger charge is 2.15. The van der Waals surface area contributed by atoms with Gasteiger partial charge in [-0.15, -0.1) is 0 Å². The van der Waals surface area contributed by atoms with E-state index in [9.17, 15) is 9.18 Å². The average Bonchev–Trinajstić information content (AvgIpc) is 2.85. The number of hydrogen-bond donors (Lipinski definition) is 0. The Labute approximate surface area is 121 Å². The molecule has 1 aromatic carbocycles. The lowest BCUT2D eigenvalue weighted by Gasteiger charge is -1.96. The maximum Gasteiger partial charge on any atom is 0.341 e. The van der Waals surface area contributed by atoms with Crippen LogP contribution >= 0.6 is 0 Å². The number of ether oxygens (including phenoxy) is 1. The van der Waals surface area contributed by atoms with Crippen molar-refractivity contribution >= 4 is 12.2 Å². The molecule has 0 N–H and O–H groups in total. The molecule has 2 aromatic rings. The van der Waals surface area contributed by atoms with Gasteiger partial charge in [-0.05, 0) is 19.1 Å². The Balaban J connectivity index is 1.95. The van der Waals surface area contributed by atoms with Crippen molar-refractivity contribution in [1.82, 2.24) is 0 Å². The zero-order valence-corrected chi connectivity index (χ0v) is 11.6. The van der Waals surface area contributed by atoms with E-state index in [0.29, 0.717) is 22.6 Å². The van der Waals surface area contributed by atoms with Gasteiger partial charge in [-0.3, -0.25) is 0 Å². The number of esters is 1. The fraction of sp³-hybridized carbons (Fsp3) is 0.200. The van der Waals surface area contributed by atoms with Gasteiger partial charge in [0.25, 0.3) is 0 Å². The van der Waals surface area contributed by atoms with Gasteiger partial charge in [0.1, 0.15) is 22.9 Å². The lowest BCUT2D eigenvalue weighted by atomic mass is 10.2. The summed E-state index contributed by atoms with van der Waals surface area (Å²) in [7, 11) is 1.30. The third-order valence-corrected chi connectivity index (χ3v) is 2.75. The van der Waals surface area contributed by atoms with Crippen molar-refractivity contribution < 1.29 is 23.2 Å². The van der Waals surface area contributed by atoms with Crippen molar-refractivity contribution in [3.8, 4) is 0 Å². The number of rotatable bonds is 5. The third kappa shape index (κ3) is 3.68. The van der Waals surface area contributed by atoms with Gasteiger partial charge >= 0.3 is 5.97 Å². The molecule has 5 nitrogen and oxygen atoms in total. The zero-order chi connectivity index (χ0) is 15.2. The molecule has 1 aromatic heterocycles. The highest BCUT2D eigenvalue weighted by Crippen LogP contribution is 2.16. The summed E-state index contributed by atoms with van der Waals surface area (Å²) in [6.45, 7) is 1.68. The van der Waals surface area contributed by atoms with E-state index in [1.54, 1.807) is 25.1 Å². The topological polar surface area (TPSA) is 61.0 Å². The van der Waals surface area contributed by atoms with Crippen LogP contribution in [0.2, 0.25) is 0 Å². The van der Waals surface area contributed by atoms with E-state index in [0.717, 1.165) is 0 Å². The average molecular weight is 291 g/mol. The van der Waals surface area contributed by atoms with Gasteiger partial charge in [-0.25, -0.2) is 9.18 Å². The summed E-state index contributed by atoms with van der Waals surface area (Å²) in [5, 5.41) is 3.66. The molecule has 0 spiro atoms. The van der Waals surface area contributed by atoms with Crippen molar-refractivity contribution in [2.24, 2.45) is 5.16 Å². The van der Waals surface area contributed by atoms with Gasteiger partial charge in [0, 0.05) is 5.56 Å². The minimum absolute atomic E-state index is 0.0305. The second-order valence-corrected chi connectivity index (χ2v) is 4.20. The molecule has 0 aliphatic carbocycles. The Bertz CT molecular complexity index is 663. The van der Waals surface area contributed by atoms with Crippen LogP contribution in [0.4, 0.5) is 4.39 Å². The molecule has 0 aliphatic rings. The Morgan fingerprint density at radius 3 is 2.90 bits per heavy atom. The molecule has 110 valence electrons. The lowest BCUT2D eigenvalue weighted by Crippen LogP contribution is -2.00. The van der Waals surface area contributed by atoms with Crippen LogP contribution in [0.3, 0.4) is 0 Å². The number of oxime groups is 1. The molecule has 2 rings (SSSR count). The predicted octanol–water partition coefficient (Wildman–Crippen LogP) is 3.06. The Hall–Kier alpha value is -2.63. The van der Waals surface area contributed by atoms with E-state index in [2.05, 4.69) is 9.89 Å². The molecule has 6 heteroatoms. The summed E-state index contributed by atoms with van der Waals surface area (Å²) >= 11 is 0. The predicted molar refractivity (Wildman–Crippen MR) is 73.6 cm³/mol. The Kier molecular flexibility index (Phi) is 4.71. The van der Waals surface area contributed by atoms with Crippen molar-refractivity contribution in [3.63, 3.8) is 0 Å². The lowest BCUT2D eigenvalue weighted by molar-refractivity contribution is 0.0599. The van der Waals surface area contributed by atoms with Gasteiger partial charge in [0.05, 0.1) is 13.3 Å². The van der Waals surface area contributed by atoms with Crippen molar-refractivity contribution in [1.29, 1.82) is 0 Å². The van der Waals surface area contributed by atoms with Gasteiger partial charge in [0.2, 0.25) is 0 Å². The fourth-order valence-corrected chi connectivity index (χ4v) is 1.70. The van der Waals surface area contributed by atoms with E-state index in [-0.39, 0.29) is 12.4 Å². The van der Waals surface area contributed by atoms with Crippen molar-refractivity contribution in [3.05, 3.63) is 58.8 Å². The molecule has 0 aliphatic heterocycles. The normalized spacial score (nSPS) is 10.8. The number of carbonyl (C=O) groups excluding carboxylic acids is 1. The summed E-state index contributed by atoms with van der Waals surface area (Å²) in [6.07, 6.45) is 1.27. The van der Waals surface area contributed by atoms with Crippen LogP contribution in [0.1, 0.15) is 27.4 Å². The standard InChI is InChI=1S/C15H14FNO4/c1-10-13(15(18)19-2)7-12(21-10)9-20-17-8-11-5-3-4-6-14(11)16/h3-8H,9H2,1-2H3/b17-8-. The highest BCUT2D eigenvalue weighted by atomic mass is 19.1. The molecule has 0 bridgehead atoms. The Morgan fingerprint density at radius 2 is 2.19 bits per heavy atom. The van der Waals surface area contributed by atoms with E-state index in [1.807, 2.05) is 0 Å². The second kappa shape index (κ2) is 6.69. The summed E-state index contributed by atoms with van der Waals surface area (Å²) < 4.78 is 23.3. The monoisotopic (exact) mass is 291 g/mol. The van der Waals surface area contributed by atoms with E-state index >= 15 is 0 Å². The first-order chi connectivity index (χ1) is 10.1. The first-order valence-corrected chi connectivity index (χ1v) is 6.19. The number of nitrogens with zero attached hydrogens (tertiary/aromatic N) is 1. The Morgan fingerprint density at radius 1 is 1.43 bits per heavy atom. The molecule has 0 amide bonds. The van der Waals surface area contributed by atoms with Crippen LogP contribution < -0.4 is 0 Å². The van der Waals surface area contributed by atoms with Gasteiger partial charge in [-0.1, -0.05) is 23.4 Å². The molecule has 0 radical (unpaired) electrons. The van der Waals surface area contributed by atoms with Crippen LogP contribution in [0.5, 0.6) is 0 Å². The maximum atomic E-state index is 13.3. The number of furan rings is 1. The molecular formula is C15H14FNO4. The number of methoxy groups -OCH3 is 1. The van der Waals surface area contributed by atoms with Crippen LogP contribution in [0.25, 0.3) is 0 Å². The molecule has 1 heterocycles. The molecule has 0 saturated heterocycles. The first-order valence-electron chi connectivity index (χ1n) is 6.19. The summed E-state index contributed by atoms with van der Waals surface area (Å²) in [5.74, 6) is 0.0149. The maximum absolute atomic E-state index is 13.3. The SMILES string of the molecule is COC(=O)c1cc(CO/N=C\c2ccccc2F)oc1C. The fourth-order valence-electron chi connectivity index (χ4n) is 1.70. The van der Waals surface area contributed by atoms with E-state index < -0.39 is 5.97 Å². The highest BCUT2D eigenvalue weighted by molar-refractivity contribution is 5.90. The number of aryl methyl sites for hydroxylation is 1. The van der Waals surface area contributed by atoms with Crippen LogP contribution in [0, 0.1) is 12.7 Å². The largest absolute Gasteiger partial charge is 0.465 e. The molecule has 0 atom stereocenters. The summed E-state index contributed by atoms with van der Waals surface area (Å²) in [5.41, 5.74) is 0.664. The van der Waals surface area contributed by atoms with Crippen molar-refractivity contribution in [2.45, 2.75) is 13.5 Å². The smallest absolute Gasteiger partial charge is 0.341 e. The second-order valence-electron chi connectivity index (χ2n) is 4.20. The number of benzene rings is 1. The minimum Gasteiger partial charge on any atom is -0.465 e. The van der Waals surface area contributed by atoms with Gasteiger partial charge < -0.3 is 14.0 Å². The first kappa shape index (κ1) is 14.8. The van der Waals surface area contributed by atoms with E-state index in [1.165, 1.54) is 25.5 Å². The van der Waals surface area contributed by atoms with Crippen LogP contribution in [0.15, 0.2) is 39.9 Å². The number of halogens is 1. The zero-order valence-electron chi connectivity index (χ0n) is 11.6. The van der Waals surface area contributed by atoms with Crippen molar-refractivity contribution in [2.75, 3.05) is 7.11 Å². The van der Waals surface area contributed by atoms with E-state index in [4.69, 9.17) is 9.25 Å². The number of hydrogen-bond acceptors (Lipinski definition) is 5. The third-order valence-electron chi connectivity index (χ3n) is 2.75. The summed E-state index contributed by atoms with van der Waals surface area (Å²) in [6, 6.07) is 7.73. The quantitative estimate of drug-likeness (QED) is 0.482. The molecule has 21 heavy (non-hydrogen) atoms. The molecule has 0 fully saturated rings. The van der Waals surface area contributed by atoms with Gasteiger partial charge in [0.15, 0.2) is 6.61 Å².